The van der Waals surface area contributed by atoms with E-state index in [0.717, 1.165) is 11.1 Å². The summed E-state index contributed by atoms with van der Waals surface area (Å²) >= 11 is 0. The van der Waals surface area contributed by atoms with E-state index in [4.69, 9.17) is 0 Å². The van der Waals surface area contributed by atoms with E-state index in [0.29, 0.717) is 12.1 Å². The first-order chi connectivity index (χ1) is 9.74. The second-order valence-electron chi connectivity index (χ2n) is 4.32. The normalized spacial score (nSPS) is 10.6. The van der Waals surface area contributed by atoms with Crippen molar-refractivity contribution < 1.29 is 4.79 Å². The van der Waals surface area contributed by atoms with Gasteiger partial charge < -0.3 is 10.3 Å². The molecule has 0 atom stereocenters. The molecule has 6 heteroatoms. The van der Waals surface area contributed by atoms with Crippen LogP contribution in [0.25, 0.3) is 5.52 Å². The van der Waals surface area contributed by atoms with Crippen LogP contribution in [0.2, 0.25) is 0 Å². The summed E-state index contributed by atoms with van der Waals surface area (Å²) in [6.45, 7) is 0.380. The lowest BCUT2D eigenvalue weighted by atomic mass is 10.2. The Bertz CT molecular complexity index is 799. The molecule has 1 amide bonds. The molecule has 0 aliphatic heterocycles. The molecule has 0 spiro atoms. The fourth-order valence-electron chi connectivity index (χ4n) is 1.95. The Morgan fingerprint density at radius 2 is 2.20 bits per heavy atom. The summed E-state index contributed by atoms with van der Waals surface area (Å²) in [6, 6.07) is 8.57. The van der Waals surface area contributed by atoms with E-state index in [9.17, 15) is 9.59 Å². The van der Waals surface area contributed by atoms with Crippen molar-refractivity contribution in [2.45, 2.75) is 6.54 Å². The van der Waals surface area contributed by atoms with Gasteiger partial charge in [0, 0.05) is 30.6 Å². The summed E-state index contributed by atoms with van der Waals surface area (Å²) < 4.78 is 1.75. The highest BCUT2D eigenvalue weighted by atomic mass is 16.1. The lowest BCUT2D eigenvalue weighted by molar-refractivity contribution is 0.0950. The van der Waals surface area contributed by atoms with E-state index >= 15 is 0 Å². The van der Waals surface area contributed by atoms with E-state index < -0.39 is 0 Å². The topological polar surface area (TPSA) is 79.3 Å². The number of H-pyrrole nitrogens is 1. The standard InChI is InChI=1S/C14H12N4O2/c19-13-5-4-10(7-15-13)14(20)16-8-11-9-17-18-6-2-1-3-12(11)18/h1-7,9H,8H2,(H,15,19)(H,16,20). The van der Waals surface area contributed by atoms with Crippen LogP contribution in [0.3, 0.4) is 0 Å². The predicted octanol–water partition coefficient (Wildman–Crippen LogP) is 0.953. The van der Waals surface area contributed by atoms with Crippen LogP contribution in [0.1, 0.15) is 15.9 Å². The highest BCUT2D eigenvalue weighted by Gasteiger charge is 2.07. The number of aromatic nitrogens is 3. The minimum Gasteiger partial charge on any atom is -0.348 e. The number of hydrogen-bond donors (Lipinski definition) is 2. The first kappa shape index (κ1) is 12.2. The molecule has 0 unspecified atom stereocenters. The molecular weight excluding hydrogens is 256 g/mol. The number of aromatic amines is 1. The molecule has 6 nitrogen and oxygen atoms in total. The third-order valence-corrected chi connectivity index (χ3v) is 2.99. The Hall–Kier alpha value is -2.89. The second-order valence-corrected chi connectivity index (χ2v) is 4.32. The van der Waals surface area contributed by atoms with Gasteiger partial charge in [0.2, 0.25) is 5.56 Å². The zero-order chi connectivity index (χ0) is 13.9. The number of nitrogens with zero attached hydrogens (tertiary/aromatic N) is 2. The highest BCUT2D eigenvalue weighted by Crippen LogP contribution is 2.09. The minimum atomic E-state index is -0.239. The number of amides is 1. The molecule has 100 valence electrons. The van der Waals surface area contributed by atoms with Gasteiger partial charge >= 0.3 is 0 Å². The van der Waals surface area contributed by atoms with Gasteiger partial charge in [0.15, 0.2) is 0 Å². The molecule has 0 saturated heterocycles. The van der Waals surface area contributed by atoms with E-state index in [2.05, 4.69) is 15.4 Å². The summed E-state index contributed by atoms with van der Waals surface area (Å²) in [6.07, 6.45) is 4.97. The fourth-order valence-corrected chi connectivity index (χ4v) is 1.95. The van der Waals surface area contributed by atoms with Crippen LogP contribution in [0, 0.1) is 0 Å². The summed E-state index contributed by atoms with van der Waals surface area (Å²) in [5.41, 5.74) is 2.07. The maximum atomic E-state index is 11.9. The van der Waals surface area contributed by atoms with E-state index in [1.807, 2.05) is 24.4 Å². The maximum absolute atomic E-state index is 11.9. The van der Waals surface area contributed by atoms with Gasteiger partial charge in [0.1, 0.15) is 0 Å². The molecule has 0 radical (unpaired) electrons. The molecule has 3 heterocycles. The van der Waals surface area contributed by atoms with Crippen molar-refractivity contribution in [1.29, 1.82) is 0 Å². The number of nitrogens with one attached hydrogen (secondary N) is 2. The van der Waals surface area contributed by atoms with E-state index in [1.165, 1.54) is 18.3 Å². The van der Waals surface area contributed by atoms with Gasteiger partial charge in [-0.3, -0.25) is 9.59 Å². The summed E-state index contributed by atoms with van der Waals surface area (Å²) in [7, 11) is 0. The van der Waals surface area contributed by atoms with Crippen LogP contribution in [-0.2, 0) is 6.54 Å². The smallest absolute Gasteiger partial charge is 0.253 e. The number of hydrogen-bond acceptors (Lipinski definition) is 3. The Balaban J connectivity index is 1.74. The molecule has 0 aliphatic rings. The van der Waals surface area contributed by atoms with Crippen LogP contribution < -0.4 is 10.9 Å². The van der Waals surface area contributed by atoms with Crippen molar-refractivity contribution in [2.24, 2.45) is 0 Å². The van der Waals surface area contributed by atoms with Crippen molar-refractivity contribution in [2.75, 3.05) is 0 Å². The lowest BCUT2D eigenvalue weighted by Gasteiger charge is -2.03. The summed E-state index contributed by atoms with van der Waals surface area (Å²) in [5, 5.41) is 7.00. The van der Waals surface area contributed by atoms with Gasteiger partial charge in [0.25, 0.3) is 5.91 Å². The lowest BCUT2D eigenvalue weighted by Crippen LogP contribution is -2.23. The van der Waals surface area contributed by atoms with Crippen molar-refractivity contribution in [1.82, 2.24) is 19.9 Å². The van der Waals surface area contributed by atoms with Crippen molar-refractivity contribution in [3.63, 3.8) is 0 Å². The number of carbonyl (C=O) groups excluding carboxylic acids is 1. The third kappa shape index (κ3) is 2.31. The molecular formula is C14H12N4O2. The number of carbonyl (C=O) groups is 1. The average Bonchev–Trinajstić information content (AvgIpc) is 2.89. The molecule has 3 aromatic rings. The Labute approximate surface area is 114 Å². The largest absolute Gasteiger partial charge is 0.348 e. The highest BCUT2D eigenvalue weighted by molar-refractivity contribution is 5.93. The summed E-state index contributed by atoms with van der Waals surface area (Å²) in [5.74, 6) is -0.239. The zero-order valence-electron chi connectivity index (χ0n) is 10.5. The number of rotatable bonds is 3. The Morgan fingerprint density at radius 3 is 3.00 bits per heavy atom. The molecule has 0 aliphatic carbocycles. The van der Waals surface area contributed by atoms with Crippen LogP contribution in [-0.4, -0.2) is 20.5 Å². The molecule has 3 aromatic heterocycles. The van der Waals surface area contributed by atoms with Crippen LogP contribution in [0.5, 0.6) is 0 Å². The predicted molar refractivity (Wildman–Crippen MR) is 73.4 cm³/mol. The molecule has 2 N–H and O–H groups in total. The molecule has 0 fully saturated rings. The SMILES string of the molecule is O=C(NCc1cnn2ccccc12)c1ccc(=O)[nH]c1. The van der Waals surface area contributed by atoms with Gasteiger partial charge in [-0.1, -0.05) is 6.07 Å². The van der Waals surface area contributed by atoms with Gasteiger partial charge in [-0.05, 0) is 18.2 Å². The number of pyridine rings is 2. The first-order valence-electron chi connectivity index (χ1n) is 6.12. The van der Waals surface area contributed by atoms with Gasteiger partial charge in [0.05, 0.1) is 17.3 Å². The van der Waals surface area contributed by atoms with Crippen LogP contribution in [0.15, 0.2) is 53.7 Å². The maximum Gasteiger partial charge on any atom is 0.253 e. The van der Waals surface area contributed by atoms with Gasteiger partial charge in [-0.15, -0.1) is 0 Å². The summed E-state index contributed by atoms with van der Waals surface area (Å²) in [4.78, 5) is 25.3. The Kier molecular flexibility index (Phi) is 3.04. The quantitative estimate of drug-likeness (QED) is 0.742. The molecule has 3 rings (SSSR count). The molecule has 0 saturated carbocycles. The fraction of sp³-hybridized carbons (Fsp3) is 0.0714. The van der Waals surface area contributed by atoms with Crippen LogP contribution in [0.4, 0.5) is 0 Å². The van der Waals surface area contributed by atoms with Gasteiger partial charge in [-0.2, -0.15) is 5.10 Å². The third-order valence-electron chi connectivity index (χ3n) is 2.99. The molecule has 0 bridgehead atoms. The number of fused-ring (bicyclic) bond motifs is 1. The Morgan fingerprint density at radius 1 is 1.30 bits per heavy atom. The van der Waals surface area contributed by atoms with Crippen LogP contribution >= 0.6 is 0 Å². The van der Waals surface area contributed by atoms with Gasteiger partial charge in [-0.25, -0.2) is 4.52 Å². The second kappa shape index (κ2) is 5.00. The van der Waals surface area contributed by atoms with Crippen molar-refractivity contribution >= 4 is 11.4 Å². The minimum absolute atomic E-state index is 0.232. The molecule has 20 heavy (non-hydrogen) atoms. The van der Waals surface area contributed by atoms with E-state index in [-0.39, 0.29) is 11.5 Å². The average molecular weight is 268 g/mol. The van der Waals surface area contributed by atoms with E-state index in [1.54, 1.807) is 10.7 Å². The monoisotopic (exact) mass is 268 g/mol. The van der Waals surface area contributed by atoms with Crippen molar-refractivity contribution in [3.8, 4) is 0 Å². The molecule has 0 aromatic carbocycles. The first-order valence-corrected chi connectivity index (χ1v) is 6.12. The zero-order valence-corrected chi connectivity index (χ0v) is 10.5. The van der Waals surface area contributed by atoms with Crippen molar-refractivity contribution in [3.05, 3.63) is 70.4 Å².